The lowest BCUT2D eigenvalue weighted by atomic mass is 10.0. The molecule has 1 fully saturated rings. The van der Waals surface area contributed by atoms with Crippen LogP contribution in [0.5, 0.6) is 0 Å². The number of likely N-dealkylation sites (tertiary alicyclic amines) is 1. The van der Waals surface area contributed by atoms with Gasteiger partial charge in [-0.2, -0.15) is 0 Å². The predicted molar refractivity (Wildman–Crippen MR) is 79.1 cm³/mol. The molecule has 0 radical (unpaired) electrons. The molecule has 1 aromatic rings. The Hall–Kier alpha value is -2.41. The Morgan fingerprint density at radius 3 is 3.05 bits per heavy atom. The second kappa shape index (κ2) is 7.04. The molecular weight excluding hydrogens is 286 g/mol. The molecule has 2 heterocycles. The fraction of sp³-hybridized carbons (Fsp3) is 0.400. The number of aliphatic hydroxyl groups excluding tert-OH is 1. The largest absolute Gasteiger partial charge is 0.445 e. The summed E-state index contributed by atoms with van der Waals surface area (Å²) in [6.07, 6.45) is 2.87. The third-order valence-corrected chi connectivity index (χ3v) is 3.50. The summed E-state index contributed by atoms with van der Waals surface area (Å²) >= 11 is 0. The zero-order valence-electron chi connectivity index (χ0n) is 12.1. The molecule has 118 valence electrons. The molecule has 2 unspecified atom stereocenters. The smallest absolute Gasteiger partial charge is 0.410 e. The maximum atomic E-state index is 12.0. The van der Waals surface area contributed by atoms with Gasteiger partial charge in [0, 0.05) is 12.2 Å². The number of nitrogens with zero attached hydrogens (tertiary/aromatic N) is 2. The van der Waals surface area contributed by atoms with Crippen molar-refractivity contribution in [1.29, 1.82) is 0 Å². The average Bonchev–Trinajstić information content (AvgIpc) is 2.85. The number of pyridine rings is 1. The minimum Gasteiger partial charge on any atom is -0.445 e. The number of hydrogen-bond acceptors (Lipinski definition) is 5. The van der Waals surface area contributed by atoms with Crippen LogP contribution in [0.1, 0.15) is 22.5 Å². The van der Waals surface area contributed by atoms with Crippen molar-refractivity contribution in [2.75, 3.05) is 13.2 Å². The van der Waals surface area contributed by atoms with Crippen molar-refractivity contribution < 1.29 is 19.4 Å². The zero-order chi connectivity index (χ0) is 16.1. The average molecular weight is 305 g/mol. The topological polar surface area (TPSA) is 106 Å². The van der Waals surface area contributed by atoms with Crippen LogP contribution < -0.4 is 5.73 Å². The first kappa shape index (κ1) is 16.0. The van der Waals surface area contributed by atoms with Crippen LogP contribution in [0.4, 0.5) is 4.79 Å². The molecule has 1 aliphatic rings. The number of ether oxygens (including phenoxy) is 1. The van der Waals surface area contributed by atoms with E-state index in [1.807, 2.05) is 0 Å². The van der Waals surface area contributed by atoms with Gasteiger partial charge in [-0.05, 0) is 30.5 Å². The van der Waals surface area contributed by atoms with Crippen molar-refractivity contribution >= 4 is 12.0 Å². The van der Waals surface area contributed by atoms with Gasteiger partial charge in [-0.15, -0.1) is 0 Å². The molecule has 7 nitrogen and oxygen atoms in total. The number of hydrogen-bond donors (Lipinski definition) is 2. The molecule has 0 aromatic carbocycles. The van der Waals surface area contributed by atoms with E-state index >= 15 is 0 Å². The van der Waals surface area contributed by atoms with Gasteiger partial charge in [0.2, 0.25) is 0 Å². The zero-order valence-corrected chi connectivity index (χ0v) is 12.1. The van der Waals surface area contributed by atoms with Crippen LogP contribution in [0.2, 0.25) is 0 Å². The molecule has 22 heavy (non-hydrogen) atoms. The number of aromatic nitrogens is 1. The second-order valence-corrected chi connectivity index (χ2v) is 5.18. The van der Waals surface area contributed by atoms with Gasteiger partial charge >= 0.3 is 6.09 Å². The third-order valence-electron chi connectivity index (χ3n) is 3.50. The molecule has 1 aromatic heterocycles. The summed E-state index contributed by atoms with van der Waals surface area (Å²) in [6.45, 7) is 3.85. The Bertz CT molecular complexity index is 576. The number of rotatable bonds is 5. The van der Waals surface area contributed by atoms with Crippen molar-refractivity contribution in [2.45, 2.75) is 25.0 Å². The quantitative estimate of drug-likeness (QED) is 0.770. The first-order chi connectivity index (χ1) is 10.5. The SMILES string of the molecule is C=CCOC(=O)N1CC(O)CC1Cc1ccnc(C(N)=O)c1. The van der Waals surface area contributed by atoms with Crippen LogP contribution in [0.25, 0.3) is 0 Å². The van der Waals surface area contributed by atoms with Gasteiger partial charge in [0.05, 0.1) is 12.6 Å². The molecule has 0 spiro atoms. The number of primary amides is 1. The van der Waals surface area contributed by atoms with E-state index in [4.69, 9.17) is 10.5 Å². The fourth-order valence-corrected chi connectivity index (χ4v) is 2.53. The Labute approximate surface area is 128 Å². The summed E-state index contributed by atoms with van der Waals surface area (Å²) in [5.41, 5.74) is 6.21. The van der Waals surface area contributed by atoms with E-state index in [2.05, 4.69) is 11.6 Å². The van der Waals surface area contributed by atoms with E-state index in [0.717, 1.165) is 5.56 Å². The number of carbonyl (C=O) groups is 2. The lowest BCUT2D eigenvalue weighted by Crippen LogP contribution is -2.37. The maximum absolute atomic E-state index is 12.0. The highest BCUT2D eigenvalue weighted by Crippen LogP contribution is 2.22. The molecule has 1 saturated heterocycles. The van der Waals surface area contributed by atoms with Crippen LogP contribution in [0.15, 0.2) is 31.0 Å². The molecule has 2 rings (SSSR count). The molecule has 2 amide bonds. The van der Waals surface area contributed by atoms with Crippen LogP contribution in [-0.4, -0.2) is 52.3 Å². The minimum atomic E-state index is -0.601. The summed E-state index contributed by atoms with van der Waals surface area (Å²) in [4.78, 5) is 28.5. The lowest BCUT2D eigenvalue weighted by Gasteiger charge is -2.23. The van der Waals surface area contributed by atoms with Crippen LogP contribution in [0, 0.1) is 0 Å². The predicted octanol–water partition coefficient (Wildman–Crippen LogP) is 0.481. The minimum absolute atomic E-state index is 0.124. The summed E-state index contributed by atoms with van der Waals surface area (Å²) in [5.74, 6) is -0.601. The van der Waals surface area contributed by atoms with Crippen molar-refractivity contribution in [3.63, 3.8) is 0 Å². The van der Waals surface area contributed by atoms with Crippen molar-refractivity contribution in [3.8, 4) is 0 Å². The van der Waals surface area contributed by atoms with Crippen molar-refractivity contribution in [3.05, 3.63) is 42.2 Å². The van der Waals surface area contributed by atoms with Gasteiger partial charge in [-0.3, -0.25) is 9.78 Å². The summed E-state index contributed by atoms with van der Waals surface area (Å²) in [6, 6.07) is 3.15. The first-order valence-corrected chi connectivity index (χ1v) is 6.98. The van der Waals surface area contributed by atoms with Gasteiger partial charge in [-0.1, -0.05) is 12.7 Å². The monoisotopic (exact) mass is 305 g/mol. The van der Waals surface area contributed by atoms with E-state index in [1.165, 1.54) is 17.2 Å². The number of carbonyl (C=O) groups excluding carboxylic acids is 2. The van der Waals surface area contributed by atoms with Crippen LogP contribution >= 0.6 is 0 Å². The van der Waals surface area contributed by atoms with E-state index in [1.54, 1.807) is 12.1 Å². The van der Waals surface area contributed by atoms with E-state index in [-0.39, 0.29) is 24.9 Å². The standard InChI is InChI=1S/C15H19N3O4/c1-2-5-22-15(21)18-9-12(19)8-11(18)6-10-3-4-17-13(7-10)14(16)20/h2-4,7,11-12,19H,1,5-6,8-9H2,(H2,16,20). The Balaban J connectivity index is 2.09. The van der Waals surface area contributed by atoms with Gasteiger partial charge in [0.25, 0.3) is 5.91 Å². The number of nitrogens with two attached hydrogens (primary N) is 1. The molecule has 2 atom stereocenters. The number of amides is 2. The van der Waals surface area contributed by atoms with Crippen LogP contribution in [-0.2, 0) is 11.2 Å². The molecular formula is C15H19N3O4. The van der Waals surface area contributed by atoms with Crippen LogP contribution in [0.3, 0.4) is 0 Å². The molecule has 1 aliphatic heterocycles. The highest BCUT2D eigenvalue weighted by Gasteiger charge is 2.35. The second-order valence-electron chi connectivity index (χ2n) is 5.18. The Morgan fingerprint density at radius 1 is 1.59 bits per heavy atom. The lowest BCUT2D eigenvalue weighted by molar-refractivity contribution is 0.0992. The summed E-state index contributed by atoms with van der Waals surface area (Å²) < 4.78 is 5.02. The molecule has 0 saturated carbocycles. The normalized spacial score (nSPS) is 20.7. The van der Waals surface area contributed by atoms with Crippen molar-refractivity contribution in [1.82, 2.24) is 9.88 Å². The first-order valence-electron chi connectivity index (χ1n) is 6.98. The van der Waals surface area contributed by atoms with E-state index in [9.17, 15) is 14.7 Å². The Morgan fingerprint density at radius 2 is 2.36 bits per heavy atom. The number of aliphatic hydroxyl groups is 1. The number of β-amino-alcohol motifs (C(OH)–C–C–N with tert-alkyl or cyclic N) is 1. The summed E-state index contributed by atoms with van der Waals surface area (Å²) in [5, 5.41) is 9.81. The molecule has 7 heteroatoms. The highest BCUT2D eigenvalue weighted by atomic mass is 16.6. The maximum Gasteiger partial charge on any atom is 0.410 e. The third kappa shape index (κ3) is 3.82. The molecule has 0 aliphatic carbocycles. The van der Waals surface area contributed by atoms with E-state index < -0.39 is 18.1 Å². The fourth-order valence-electron chi connectivity index (χ4n) is 2.53. The van der Waals surface area contributed by atoms with E-state index in [0.29, 0.717) is 12.8 Å². The van der Waals surface area contributed by atoms with Crippen molar-refractivity contribution in [2.24, 2.45) is 5.73 Å². The Kier molecular flexibility index (Phi) is 5.11. The summed E-state index contributed by atoms with van der Waals surface area (Å²) in [7, 11) is 0. The van der Waals surface area contributed by atoms with Gasteiger partial charge in [0.15, 0.2) is 0 Å². The molecule has 0 bridgehead atoms. The van der Waals surface area contributed by atoms with Gasteiger partial charge in [-0.25, -0.2) is 4.79 Å². The highest BCUT2D eigenvalue weighted by molar-refractivity contribution is 5.90. The van der Waals surface area contributed by atoms with Gasteiger partial charge < -0.3 is 20.5 Å². The van der Waals surface area contributed by atoms with Gasteiger partial charge in [0.1, 0.15) is 12.3 Å². The molecule has 3 N–H and O–H groups in total.